The highest BCUT2D eigenvalue weighted by Gasteiger charge is 2.09. The molecule has 0 bridgehead atoms. The number of rotatable bonds is 4. The number of alkyl halides is 1. The van der Waals surface area contributed by atoms with Gasteiger partial charge in [0.1, 0.15) is 5.82 Å². The summed E-state index contributed by atoms with van der Waals surface area (Å²) in [5.41, 5.74) is 1.78. The van der Waals surface area contributed by atoms with E-state index in [1.807, 2.05) is 36.4 Å². The van der Waals surface area contributed by atoms with E-state index in [9.17, 15) is 4.39 Å². The first-order chi connectivity index (χ1) is 8.66. The molecule has 0 aliphatic heterocycles. The van der Waals surface area contributed by atoms with E-state index >= 15 is 0 Å². The van der Waals surface area contributed by atoms with Gasteiger partial charge in [0.25, 0.3) is 0 Å². The van der Waals surface area contributed by atoms with Crippen LogP contribution in [0.15, 0.2) is 53.0 Å². The molecule has 0 aliphatic carbocycles. The molecule has 2 aromatic carbocycles. The third-order valence-corrected chi connectivity index (χ3v) is 3.80. The van der Waals surface area contributed by atoms with Crippen molar-refractivity contribution >= 4 is 27.5 Å². The Labute approximate surface area is 120 Å². The Hall–Kier alpha value is -0.860. The van der Waals surface area contributed by atoms with Crippen LogP contribution in [0.1, 0.15) is 22.9 Å². The molecule has 1 unspecified atom stereocenters. The fourth-order valence-electron chi connectivity index (χ4n) is 1.85. The molecule has 2 rings (SSSR count). The Morgan fingerprint density at radius 2 is 1.83 bits per heavy atom. The second kappa shape index (κ2) is 6.35. The fourth-order valence-corrected chi connectivity index (χ4v) is 2.51. The highest BCUT2D eigenvalue weighted by molar-refractivity contribution is 9.10. The molecule has 2 aromatic rings. The minimum atomic E-state index is -0.171. The van der Waals surface area contributed by atoms with E-state index in [-0.39, 0.29) is 11.2 Å². The van der Waals surface area contributed by atoms with Gasteiger partial charge in [0.15, 0.2) is 0 Å². The molecule has 0 aliphatic rings. The summed E-state index contributed by atoms with van der Waals surface area (Å²) in [6, 6.07) is 14.9. The van der Waals surface area contributed by atoms with Crippen molar-refractivity contribution in [3.63, 3.8) is 0 Å². The van der Waals surface area contributed by atoms with Gasteiger partial charge in [-0.15, -0.1) is 11.6 Å². The summed E-state index contributed by atoms with van der Waals surface area (Å²) >= 11 is 9.66. The first-order valence-corrected chi connectivity index (χ1v) is 7.02. The van der Waals surface area contributed by atoms with Gasteiger partial charge >= 0.3 is 0 Å². The van der Waals surface area contributed by atoms with Crippen LogP contribution in [-0.2, 0) is 6.42 Å². The molecule has 94 valence electrons. The summed E-state index contributed by atoms with van der Waals surface area (Å²) in [6.45, 7) is 0. The molecule has 0 fully saturated rings. The van der Waals surface area contributed by atoms with Crippen LogP contribution in [0.4, 0.5) is 4.39 Å². The van der Waals surface area contributed by atoms with E-state index < -0.39 is 0 Å². The van der Waals surface area contributed by atoms with Gasteiger partial charge in [-0.25, -0.2) is 4.39 Å². The smallest absolute Gasteiger partial charge is 0.126 e. The van der Waals surface area contributed by atoms with Crippen LogP contribution in [0.3, 0.4) is 0 Å². The Kier molecular flexibility index (Phi) is 4.79. The van der Waals surface area contributed by atoms with Crippen LogP contribution in [0.2, 0.25) is 0 Å². The lowest BCUT2D eigenvalue weighted by Crippen LogP contribution is -1.96. The van der Waals surface area contributed by atoms with Crippen molar-refractivity contribution < 1.29 is 4.39 Å². The van der Waals surface area contributed by atoms with Crippen molar-refractivity contribution in [3.05, 3.63) is 69.9 Å². The average Bonchev–Trinajstić information content (AvgIpc) is 2.40. The Morgan fingerprint density at radius 1 is 1.11 bits per heavy atom. The van der Waals surface area contributed by atoms with Gasteiger partial charge in [-0.2, -0.15) is 0 Å². The minimum absolute atomic E-state index is 0.0791. The van der Waals surface area contributed by atoms with Gasteiger partial charge in [0.2, 0.25) is 0 Å². The predicted molar refractivity (Wildman–Crippen MR) is 77.5 cm³/mol. The number of benzene rings is 2. The molecular weight excluding hydrogens is 315 g/mol. The molecule has 0 spiro atoms. The van der Waals surface area contributed by atoms with Crippen LogP contribution in [0.25, 0.3) is 0 Å². The molecule has 3 heteroatoms. The van der Waals surface area contributed by atoms with E-state index in [0.29, 0.717) is 12.0 Å². The average molecular weight is 328 g/mol. The topological polar surface area (TPSA) is 0 Å². The van der Waals surface area contributed by atoms with Crippen molar-refractivity contribution in [2.45, 2.75) is 18.2 Å². The lowest BCUT2D eigenvalue weighted by molar-refractivity contribution is 0.602. The maximum Gasteiger partial charge on any atom is 0.126 e. The number of aryl methyl sites for hydroxylation is 1. The number of hydrogen-bond acceptors (Lipinski definition) is 0. The van der Waals surface area contributed by atoms with Gasteiger partial charge in [0.05, 0.1) is 5.38 Å². The van der Waals surface area contributed by atoms with Crippen molar-refractivity contribution in [1.29, 1.82) is 0 Å². The number of halogens is 3. The normalized spacial score (nSPS) is 12.4. The molecule has 1 atom stereocenters. The summed E-state index contributed by atoms with van der Waals surface area (Å²) < 4.78 is 14.5. The summed E-state index contributed by atoms with van der Waals surface area (Å²) in [5.74, 6) is -0.171. The van der Waals surface area contributed by atoms with Crippen molar-refractivity contribution in [3.8, 4) is 0 Å². The zero-order valence-corrected chi connectivity index (χ0v) is 12.1. The standard InChI is InChI=1S/C15H13BrClF/c16-13-7-9-15(18)12(10-13)6-8-14(17)11-4-2-1-3-5-11/h1-5,7,9-10,14H,6,8H2. The van der Waals surface area contributed by atoms with E-state index in [4.69, 9.17) is 11.6 Å². The third-order valence-electron chi connectivity index (χ3n) is 2.84. The van der Waals surface area contributed by atoms with Crippen molar-refractivity contribution in [1.82, 2.24) is 0 Å². The second-order valence-electron chi connectivity index (χ2n) is 4.15. The molecule has 0 N–H and O–H groups in total. The monoisotopic (exact) mass is 326 g/mol. The summed E-state index contributed by atoms with van der Waals surface area (Å²) in [4.78, 5) is 0. The number of hydrogen-bond donors (Lipinski definition) is 0. The van der Waals surface area contributed by atoms with Gasteiger partial charge in [-0.1, -0.05) is 46.3 Å². The maximum absolute atomic E-state index is 13.6. The molecule has 0 saturated carbocycles. The lowest BCUT2D eigenvalue weighted by atomic mass is 10.0. The molecule has 0 amide bonds. The Morgan fingerprint density at radius 3 is 2.56 bits per heavy atom. The van der Waals surface area contributed by atoms with Crippen LogP contribution in [0.5, 0.6) is 0 Å². The predicted octanol–water partition coefficient (Wildman–Crippen LogP) is 5.50. The van der Waals surface area contributed by atoms with Crippen LogP contribution in [-0.4, -0.2) is 0 Å². The van der Waals surface area contributed by atoms with Crippen LogP contribution < -0.4 is 0 Å². The Bertz CT molecular complexity index is 513. The zero-order chi connectivity index (χ0) is 13.0. The molecule has 0 aromatic heterocycles. The molecule has 0 nitrogen and oxygen atoms in total. The quantitative estimate of drug-likeness (QED) is 0.650. The van der Waals surface area contributed by atoms with E-state index in [0.717, 1.165) is 16.5 Å². The second-order valence-corrected chi connectivity index (χ2v) is 5.60. The maximum atomic E-state index is 13.6. The first-order valence-electron chi connectivity index (χ1n) is 5.80. The van der Waals surface area contributed by atoms with Gasteiger partial charge in [-0.05, 0) is 42.2 Å². The molecule has 0 radical (unpaired) electrons. The van der Waals surface area contributed by atoms with Gasteiger partial charge in [-0.3, -0.25) is 0 Å². The highest BCUT2D eigenvalue weighted by Crippen LogP contribution is 2.27. The molecule has 0 heterocycles. The fraction of sp³-hybridized carbons (Fsp3) is 0.200. The zero-order valence-electron chi connectivity index (χ0n) is 9.74. The molecule has 18 heavy (non-hydrogen) atoms. The van der Waals surface area contributed by atoms with E-state index in [2.05, 4.69) is 15.9 Å². The molecule has 0 saturated heterocycles. The summed E-state index contributed by atoms with van der Waals surface area (Å²) in [7, 11) is 0. The van der Waals surface area contributed by atoms with Crippen molar-refractivity contribution in [2.75, 3.05) is 0 Å². The van der Waals surface area contributed by atoms with Crippen molar-refractivity contribution in [2.24, 2.45) is 0 Å². The minimum Gasteiger partial charge on any atom is -0.207 e. The highest BCUT2D eigenvalue weighted by atomic mass is 79.9. The van der Waals surface area contributed by atoms with Crippen LogP contribution >= 0.6 is 27.5 Å². The Balaban J connectivity index is 2.01. The largest absolute Gasteiger partial charge is 0.207 e. The van der Waals surface area contributed by atoms with E-state index in [1.165, 1.54) is 6.07 Å². The molecular formula is C15H13BrClF. The van der Waals surface area contributed by atoms with Crippen LogP contribution in [0, 0.1) is 5.82 Å². The lowest BCUT2D eigenvalue weighted by Gasteiger charge is -2.10. The van der Waals surface area contributed by atoms with E-state index in [1.54, 1.807) is 6.07 Å². The first kappa shape index (κ1) is 13.6. The summed E-state index contributed by atoms with van der Waals surface area (Å²) in [6.07, 6.45) is 1.35. The van der Waals surface area contributed by atoms with Gasteiger partial charge < -0.3 is 0 Å². The third kappa shape index (κ3) is 3.56. The SMILES string of the molecule is Fc1ccc(Br)cc1CCC(Cl)c1ccccc1. The van der Waals surface area contributed by atoms with Gasteiger partial charge in [0, 0.05) is 4.47 Å². The summed E-state index contributed by atoms with van der Waals surface area (Å²) in [5, 5.41) is -0.0791.